The maximum Gasteiger partial charge on any atom is 0.306 e. The number of carbonyl (C=O) groups excluding carboxylic acids is 1. The van der Waals surface area contributed by atoms with E-state index in [1.54, 1.807) is 0 Å². The fraction of sp³-hybridized carbons (Fsp3) is 0.933. The molecule has 18 heavy (non-hydrogen) atoms. The lowest BCUT2D eigenvalue weighted by Crippen LogP contribution is -2.35. The van der Waals surface area contributed by atoms with Crippen LogP contribution < -0.4 is 5.73 Å². The van der Waals surface area contributed by atoms with Crippen LogP contribution in [0.4, 0.5) is 0 Å². The van der Waals surface area contributed by atoms with Gasteiger partial charge < -0.3 is 10.5 Å². The molecule has 1 saturated carbocycles. The lowest BCUT2D eigenvalue weighted by atomic mass is 9.72. The number of hydrogen-bond acceptors (Lipinski definition) is 3. The summed E-state index contributed by atoms with van der Waals surface area (Å²) in [6.07, 6.45) is 8.53. The van der Waals surface area contributed by atoms with Gasteiger partial charge in [-0.25, -0.2) is 0 Å². The van der Waals surface area contributed by atoms with E-state index >= 15 is 0 Å². The molecule has 0 amide bonds. The highest BCUT2D eigenvalue weighted by Crippen LogP contribution is 2.38. The van der Waals surface area contributed by atoms with Crippen molar-refractivity contribution in [1.82, 2.24) is 0 Å². The molecule has 1 aliphatic carbocycles. The van der Waals surface area contributed by atoms with Gasteiger partial charge in [0.1, 0.15) is 0 Å². The Labute approximate surface area is 111 Å². The predicted molar refractivity (Wildman–Crippen MR) is 74.2 cm³/mol. The Hall–Kier alpha value is -0.570. The van der Waals surface area contributed by atoms with Crippen LogP contribution in [0.15, 0.2) is 0 Å². The van der Waals surface area contributed by atoms with Gasteiger partial charge in [-0.15, -0.1) is 0 Å². The van der Waals surface area contributed by atoms with Crippen molar-refractivity contribution in [2.75, 3.05) is 13.2 Å². The Balaban J connectivity index is 2.37. The van der Waals surface area contributed by atoms with E-state index < -0.39 is 0 Å². The van der Waals surface area contributed by atoms with Gasteiger partial charge in [0.2, 0.25) is 0 Å². The highest BCUT2D eigenvalue weighted by Gasteiger charge is 2.33. The van der Waals surface area contributed by atoms with Gasteiger partial charge in [0, 0.05) is 0 Å². The van der Waals surface area contributed by atoms with Crippen LogP contribution in [0, 0.1) is 11.3 Å². The molecular weight excluding hydrogens is 226 g/mol. The molecule has 1 fully saturated rings. The third-order valence-corrected chi connectivity index (χ3v) is 4.50. The first-order chi connectivity index (χ1) is 8.65. The molecule has 0 aliphatic heterocycles. The first kappa shape index (κ1) is 15.5. The summed E-state index contributed by atoms with van der Waals surface area (Å²) in [5, 5.41) is 0. The monoisotopic (exact) mass is 255 g/mol. The second-order valence-corrected chi connectivity index (χ2v) is 5.81. The Kier molecular flexibility index (Phi) is 6.69. The fourth-order valence-electron chi connectivity index (χ4n) is 2.85. The summed E-state index contributed by atoms with van der Waals surface area (Å²) in [5.41, 5.74) is 5.92. The van der Waals surface area contributed by atoms with Crippen molar-refractivity contribution < 1.29 is 9.53 Å². The maximum atomic E-state index is 11.9. The Morgan fingerprint density at radius 2 is 1.83 bits per heavy atom. The van der Waals surface area contributed by atoms with Crippen molar-refractivity contribution in [2.45, 2.75) is 65.2 Å². The standard InChI is InChI=1S/C15H29NO2/c1-3-13(4-2)11-18-14(17)10-15(12-16)8-6-5-7-9-15/h13H,3-12,16H2,1-2H3. The van der Waals surface area contributed by atoms with Gasteiger partial charge in [0.15, 0.2) is 0 Å². The van der Waals surface area contributed by atoms with Crippen molar-refractivity contribution in [3.8, 4) is 0 Å². The van der Waals surface area contributed by atoms with E-state index in [0.717, 1.165) is 25.7 Å². The average Bonchev–Trinajstić information content (AvgIpc) is 2.41. The molecule has 2 N–H and O–H groups in total. The molecule has 3 heteroatoms. The molecule has 3 nitrogen and oxygen atoms in total. The molecule has 0 aromatic carbocycles. The van der Waals surface area contributed by atoms with Crippen LogP contribution in [0.5, 0.6) is 0 Å². The Morgan fingerprint density at radius 1 is 1.22 bits per heavy atom. The lowest BCUT2D eigenvalue weighted by molar-refractivity contribution is -0.148. The van der Waals surface area contributed by atoms with Gasteiger partial charge in [0.25, 0.3) is 0 Å². The summed E-state index contributed by atoms with van der Waals surface area (Å²) < 4.78 is 5.42. The van der Waals surface area contributed by atoms with E-state index in [2.05, 4.69) is 13.8 Å². The molecule has 1 rings (SSSR count). The van der Waals surface area contributed by atoms with Gasteiger partial charge in [-0.3, -0.25) is 4.79 Å². The maximum absolute atomic E-state index is 11.9. The number of nitrogens with two attached hydrogens (primary N) is 1. The van der Waals surface area contributed by atoms with E-state index in [1.165, 1.54) is 19.3 Å². The molecular formula is C15H29NO2. The van der Waals surface area contributed by atoms with E-state index in [0.29, 0.717) is 25.5 Å². The van der Waals surface area contributed by atoms with Gasteiger partial charge in [0.05, 0.1) is 13.0 Å². The van der Waals surface area contributed by atoms with Gasteiger partial charge >= 0.3 is 5.97 Å². The van der Waals surface area contributed by atoms with Crippen molar-refractivity contribution in [3.05, 3.63) is 0 Å². The van der Waals surface area contributed by atoms with Crippen molar-refractivity contribution in [3.63, 3.8) is 0 Å². The molecule has 1 aliphatic rings. The van der Waals surface area contributed by atoms with Crippen LogP contribution in [-0.2, 0) is 9.53 Å². The summed E-state index contributed by atoms with van der Waals surface area (Å²) in [5.74, 6) is 0.461. The molecule has 0 saturated heterocycles. The van der Waals surface area contributed by atoms with Crippen molar-refractivity contribution >= 4 is 5.97 Å². The average molecular weight is 255 g/mol. The largest absolute Gasteiger partial charge is 0.465 e. The normalized spacial score (nSPS) is 18.9. The molecule has 106 valence electrons. The minimum Gasteiger partial charge on any atom is -0.465 e. The first-order valence-corrected chi connectivity index (χ1v) is 7.51. The van der Waals surface area contributed by atoms with Crippen LogP contribution in [-0.4, -0.2) is 19.1 Å². The molecule has 0 atom stereocenters. The van der Waals surface area contributed by atoms with E-state index in [1.807, 2.05) is 0 Å². The van der Waals surface area contributed by atoms with Crippen molar-refractivity contribution in [2.24, 2.45) is 17.1 Å². The third kappa shape index (κ3) is 4.60. The molecule has 0 spiro atoms. The van der Waals surface area contributed by atoms with Crippen LogP contribution in [0.2, 0.25) is 0 Å². The SMILES string of the molecule is CCC(CC)COC(=O)CC1(CN)CCCCC1. The smallest absolute Gasteiger partial charge is 0.306 e. The highest BCUT2D eigenvalue weighted by atomic mass is 16.5. The zero-order chi connectivity index (χ0) is 13.4. The van der Waals surface area contributed by atoms with E-state index in [4.69, 9.17) is 10.5 Å². The molecule has 0 aromatic heterocycles. The molecule has 0 unspecified atom stereocenters. The second kappa shape index (κ2) is 7.78. The van der Waals surface area contributed by atoms with Gasteiger partial charge in [-0.05, 0) is 30.7 Å². The summed E-state index contributed by atoms with van der Waals surface area (Å²) in [7, 11) is 0. The summed E-state index contributed by atoms with van der Waals surface area (Å²) >= 11 is 0. The van der Waals surface area contributed by atoms with Crippen LogP contribution >= 0.6 is 0 Å². The quantitative estimate of drug-likeness (QED) is 0.710. The molecule has 0 heterocycles. The summed E-state index contributed by atoms with van der Waals surface area (Å²) in [4.78, 5) is 11.9. The van der Waals surface area contributed by atoms with Crippen LogP contribution in [0.3, 0.4) is 0 Å². The summed E-state index contributed by atoms with van der Waals surface area (Å²) in [6, 6.07) is 0. The number of rotatable bonds is 7. The first-order valence-electron chi connectivity index (χ1n) is 7.51. The molecule has 0 bridgehead atoms. The fourth-order valence-corrected chi connectivity index (χ4v) is 2.85. The number of hydrogen-bond donors (Lipinski definition) is 1. The van der Waals surface area contributed by atoms with Gasteiger partial charge in [-0.2, -0.15) is 0 Å². The Bertz CT molecular complexity index is 243. The number of carbonyl (C=O) groups is 1. The molecule has 0 aromatic rings. The minimum absolute atomic E-state index is 0.0310. The predicted octanol–water partition coefficient (Wildman–Crippen LogP) is 3.27. The molecule has 0 radical (unpaired) electrons. The van der Waals surface area contributed by atoms with Crippen LogP contribution in [0.25, 0.3) is 0 Å². The summed E-state index contributed by atoms with van der Waals surface area (Å²) in [6.45, 7) is 5.48. The number of esters is 1. The third-order valence-electron chi connectivity index (χ3n) is 4.50. The topological polar surface area (TPSA) is 52.3 Å². The zero-order valence-electron chi connectivity index (χ0n) is 12.0. The highest BCUT2D eigenvalue weighted by molar-refractivity contribution is 5.70. The van der Waals surface area contributed by atoms with Crippen molar-refractivity contribution in [1.29, 1.82) is 0 Å². The van der Waals surface area contributed by atoms with E-state index in [-0.39, 0.29) is 11.4 Å². The number of ether oxygens (including phenoxy) is 1. The Morgan fingerprint density at radius 3 is 2.33 bits per heavy atom. The van der Waals surface area contributed by atoms with Crippen LogP contribution in [0.1, 0.15) is 65.2 Å². The second-order valence-electron chi connectivity index (χ2n) is 5.81. The zero-order valence-corrected chi connectivity index (χ0v) is 12.0. The van der Waals surface area contributed by atoms with Gasteiger partial charge in [-0.1, -0.05) is 46.0 Å². The lowest BCUT2D eigenvalue weighted by Gasteiger charge is -2.35. The van der Waals surface area contributed by atoms with E-state index in [9.17, 15) is 4.79 Å². The minimum atomic E-state index is -0.0470.